The van der Waals surface area contributed by atoms with Crippen LogP contribution in [0.3, 0.4) is 0 Å². The summed E-state index contributed by atoms with van der Waals surface area (Å²) in [5.74, 6) is 38.5. The van der Waals surface area contributed by atoms with E-state index in [1.165, 1.54) is 0 Å². The molecule has 0 saturated heterocycles. The maximum absolute atomic E-state index is 12.5. The van der Waals surface area contributed by atoms with E-state index in [2.05, 4.69) is 115 Å². The topological polar surface area (TPSA) is 80.1 Å². The van der Waals surface area contributed by atoms with E-state index in [0.717, 1.165) is 0 Å². The number of aryl methyl sites for hydroxylation is 1. The molecule has 1 N–H and O–H groups in total. The van der Waals surface area contributed by atoms with Crippen LogP contribution in [0.15, 0.2) is 0 Å². The van der Waals surface area contributed by atoms with E-state index in [1.807, 2.05) is 0 Å². The van der Waals surface area contributed by atoms with Crippen LogP contribution in [0, 0.1) is 113 Å². The van der Waals surface area contributed by atoms with Gasteiger partial charge < -0.3 is 0 Å². The maximum atomic E-state index is 12.5. The minimum Gasteiger partial charge on any atom is -0.294 e. The lowest BCUT2D eigenvalue weighted by molar-refractivity contribution is 0.515. The van der Waals surface area contributed by atoms with E-state index in [4.69, 9.17) is 18.0 Å². The van der Waals surface area contributed by atoms with Gasteiger partial charge in [0.25, 0.3) is 0 Å². The number of nitrogens with one attached hydrogen (secondary N) is 1. The number of halogens is 1. The first-order chi connectivity index (χ1) is 16.7. The van der Waals surface area contributed by atoms with Crippen LogP contribution < -0.4 is 0 Å². The molecule has 0 spiro atoms. The number of H-pyrrole nitrogens is 1. The second kappa shape index (κ2) is 12.3. The minimum atomic E-state index is -3.78. The zero-order chi connectivity index (χ0) is 25.7. The van der Waals surface area contributed by atoms with Crippen LogP contribution >= 0.6 is 11.6 Å². The predicted molar refractivity (Wildman–Crippen MR) is 135 cm³/mol. The summed E-state index contributed by atoms with van der Waals surface area (Å²) in [5.41, 5.74) is 0.232. The summed E-state index contributed by atoms with van der Waals surface area (Å²) in [6, 6.07) is 0. The lowest BCUT2D eigenvalue weighted by Crippen LogP contribution is -2.30. The van der Waals surface area contributed by atoms with Gasteiger partial charge in [0.1, 0.15) is 5.02 Å². The molecular formula is C27H13ClN4O2S. The van der Waals surface area contributed by atoms with Crippen molar-refractivity contribution in [1.29, 1.82) is 0 Å². The molecule has 8 heteroatoms. The SMILES string of the molecule is C#CC#CC#CC#CC#CC#CC#CC#CC#CS(=O)(=O)CC(C)(C)c1nnc2c(Cl)c(C)[nH]n12. The van der Waals surface area contributed by atoms with Crippen molar-refractivity contribution in [3.8, 4) is 106 Å². The highest BCUT2D eigenvalue weighted by Crippen LogP contribution is 2.27. The third kappa shape index (κ3) is 8.11. The first kappa shape index (κ1) is 26.2. The van der Waals surface area contributed by atoms with Crippen LogP contribution in [0.4, 0.5) is 0 Å². The molecule has 2 aromatic rings. The molecule has 0 aliphatic heterocycles. The highest BCUT2D eigenvalue weighted by molar-refractivity contribution is 7.96. The molecule has 0 fully saturated rings. The van der Waals surface area contributed by atoms with Crippen molar-refractivity contribution in [1.82, 2.24) is 19.8 Å². The Balaban J connectivity index is 1.99. The van der Waals surface area contributed by atoms with Crippen molar-refractivity contribution in [2.75, 3.05) is 5.75 Å². The summed E-state index contributed by atoms with van der Waals surface area (Å²) in [6.07, 6.45) is 4.93. The fourth-order valence-corrected chi connectivity index (χ4v) is 4.00. The molecule has 0 bridgehead atoms. The summed E-state index contributed by atoms with van der Waals surface area (Å²) in [5, 5.41) is 13.7. The van der Waals surface area contributed by atoms with Crippen LogP contribution in [-0.2, 0) is 15.3 Å². The number of hydrogen-bond acceptors (Lipinski definition) is 4. The van der Waals surface area contributed by atoms with Crippen molar-refractivity contribution >= 4 is 27.1 Å². The molecule has 0 aliphatic rings. The van der Waals surface area contributed by atoms with Gasteiger partial charge in [0.2, 0.25) is 9.84 Å². The fourth-order valence-electron chi connectivity index (χ4n) is 2.48. The van der Waals surface area contributed by atoms with Gasteiger partial charge in [0.15, 0.2) is 11.5 Å². The standard InChI is InChI=1S/C27H13ClN4O2S/c1-5-6-7-8-9-10-11-12-13-14-15-16-17-18-19-20-21-35(33,34)22-27(3,4)26-30-29-25-24(28)23(2)31-32(25)26/h1,31H,22H2,2-4H3. The average Bonchev–Trinajstić information content (AvgIpc) is 3.33. The van der Waals surface area contributed by atoms with Crippen LogP contribution in [0.1, 0.15) is 25.4 Å². The Hall–Kier alpha value is -5.04. The van der Waals surface area contributed by atoms with E-state index in [-0.39, 0.29) is 5.75 Å². The van der Waals surface area contributed by atoms with Crippen molar-refractivity contribution in [2.45, 2.75) is 26.2 Å². The van der Waals surface area contributed by atoms with Crippen molar-refractivity contribution in [3.05, 3.63) is 16.5 Å². The highest BCUT2D eigenvalue weighted by Gasteiger charge is 2.33. The fraction of sp³-hybridized carbons (Fsp3) is 0.185. The molecule has 0 unspecified atom stereocenters. The summed E-state index contributed by atoms with van der Waals surface area (Å²) in [4.78, 5) is 0. The number of fused-ring (bicyclic) bond motifs is 1. The molecular weight excluding hydrogens is 480 g/mol. The molecule has 6 nitrogen and oxygen atoms in total. The van der Waals surface area contributed by atoms with Gasteiger partial charge in [-0.05, 0) is 89.8 Å². The van der Waals surface area contributed by atoms with Gasteiger partial charge in [-0.1, -0.05) is 25.4 Å². The summed E-state index contributed by atoms with van der Waals surface area (Å²) in [6.45, 7) is 5.23. The van der Waals surface area contributed by atoms with Crippen LogP contribution in [0.2, 0.25) is 5.02 Å². The number of aromatic amines is 1. The van der Waals surface area contributed by atoms with Gasteiger partial charge >= 0.3 is 0 Å². The monoisotopic (exact) mass is 492 g/mol. The minimum absolute atomic E-state index is 0.298. The molecule has 2 rings (SSSR count). The van der Waals surface area contributed by atoms with E-state index >= 15 is 0 Å². The van der Waals surface area contributed by atoms with Gasteiger partial charge in [-0.2, -0.15) is 0 Å². The Morgan fingerprint density at radius 3 is 1.80 bits per heavy atom. The Morgan fingerprint density at radius 2 is 1.31 bits per heavy atom. The molecule has 0 aromatic carbocycles. The summed E-state index contributed by atoms with van der Waals surface area (Å²) in [7, 11) is -3.78. The number of hydrogen-bond donors (Lipinski definition) is 1. The first-order valence-corrected chi connectivity index (χ1v) is 11.5. The molecule has 0 atom stereocenters. The maximum Gasteiger partial charge on any atom is 0.218 e. The van der Waals surface area contributed by atoms with Crippen LogP contribution in [0.25, 0.3) is 5.65 Å². The number of aromatic nitrogens is 4. The number of sulfone groups is 1. The van der Waals surface area contributed by atoms with Gasteiger partial charge in [-0.25, -0.2) is 12.9 Å². The van der Waals surface area contributed by atoms with Crippen molar-refractivity contribution < 1.29 is 8.42 Å². The predicted octanol–water partition coefficient (Wildman–Crippen LogP) is 1.33. The zero-order valence-electron chi connectivity index (χ0n) is 18.7. The Labute approximate surface area is 209 Å². The molecule has 2 heterocycles. The molecule has 0 saturated carbocycles. The average molecular weight is 493 g/mol. The van der Waals surface area contributed by atoms with Crippen LogP contribution in [0.5, 0.6) is 0 Å². The summed E-state index contributed by atoms with van der Waals surface area (Å²) >= 11 is 6.17. The Bertz CT molecular complexity index is 1840. The highest BCUT2D eigenvalue weighted by atomic mass is 35.5. The van der Waals surface area contributed by atoms with Crippen molar-refractivity contribution in [2.24, 2.45) is 0 Å². The molecule has 0 amide bonds. The summed E-state index contributed by atoms with van der Waals surface area (Å²) < 4.78 is 26.5. The first-order valence-electron chi connectivity index (χ1n) is 9.48. The van der Waals surface area contributed by atoms with E-state index in [9.17, 15) is 8.42 Å². The largest absolute Gasteiger partial charge is 0.294 e. The van der Waals surface area contributed by atoms with Gasteiger partial charge in [-0.15, -0.1) is 16.6 Å². The molecule has 2 aromatic heterocycles. The van der Waals surface area contributed by atoms with Gasteiger partial charge in [0, 0.05) is 22.5 Å². The second-order valence-corrected chi connectivity index (χ2v) is 9.10. The molecule has 166 valence electrons. The quantitative estimate of drug-likeness (QED) is 0.518. The Kier molecular flexibility index (Phi) is 9.19. The Morgan fingerprint density at radius 1 is 0.857 bits per heavy atom. The van der Waals surface area contributed by atoms with Gasteiger partial charge in [-0.3, -0.25) is 5.10 Å². The van der Waals surface area contributed by atoms with E-state index < -0.39 is 15.3 Å². The second-order valence-electron chi connectivity index (χ2n) is 7.00. The lowest BCUT2D eigenvalue weighted by Gasteiger charge is -2.20. The normalized spacial score (nSPS) is 8.77. The number of terminal acetylenes is 1. The van der Waals surface area contributed by atoms with E-state index in [1.54, 1.807) is 25.3 Å². The molecule has 0 radical (unpaired) electrons. The van der Waals surface area contributed by atoms with Gasteiger partial charge in [0.05, 0.1) is 11.4 Å². The third-order valence-electron chi connectivity index (χ3n) is 3.78. The van der Waals surface area contributed by atoms with E-state index in [0.29, 0.717) is 22.2 Å². The number of nitrogens with zero attached hydrogens (tertiary/aromatic N) is 3. The smallest absolute Gasteiger partial charge is 0.218 e. The third-order valence-corrected chi connectivity index (χ3v) is 5.75. The van der Waals surface area contributed by atoms with Crippen molar-refractivity contribution in [3.63, 3.8) is 0 Å². The molecule has 0 aliphatic carbocycles. The molecule has 35 heavy (non-hydrogen) atoms. The van der Waals surface area contributed by atoms with Crippen LogP contribution in [-0.4, -0.2) is 34.0 Å². The lowest BCUT2D eigenvalue weighted by atomic mass is 9.96. The zero-order valence-corrected chi connectivity index (χ0v) is 20.3. The number of rotatable bonds is 3.